The first-order chi connectivity index (χ1) is 8.79. The number of dihydropyridines is 1. The standard InChI is InChI=1S/C13H18N4O/c1-2-16-17-8-9-6-10(18)7-15-12(9)11-4-3-5-14-13(11)17/h3-5,8,12-16H,2,6-7H2,1H3. The molecule has 0 saturated carbocycles. The molecule has 0 aliphatic carbocycles. The predicted octanol–water partition coefficient (Wildman–Crippen LogP) is 0.0108. The van der Waals surface area contributed by atoms with E-state index in [2.05, 4.69) is 40.3 Å². The third kappa shape index (κ3) is 1.85. The highest BCUT2D eigenvalue weighted by molar-refractivity contribution is 5.85. The highest BCUT2D eigenvalue weighted by Crippen LogP contribution is 2.29. The summed E-state index contributed by atoms with van der Waals surface area (Å²) < 4.78 is 0. The zero-order valence-electron chi connectivity index (χ0n) is 10.4. The molecule has 3 aliphatic heterocycles. The first-order valence-electron chi connectivity index (χ1n) is 6.40. The molecule has 3 N–H and O–H groups in total. The molecule has 0 aromatic carbocycles. The van der Waals surface area contributed by atoms with Crippen molar-refractivity contribution in [1.29, 1.82) is 0 Å². The number of hydrogen-bond acceptors (Lipinski definition) is 5. The minimum absolute atomic E-state index is 0.129. The lowest BCUT2D eigenvalue weighted by Crippen LogP contribution is -2.58. The number of carbonyl (C=O) groups excluding carboxylic acids is 1. The number of hydrazine groups is 1. The molecule has 0 radical (unpaired) electrons. The SMILES string of the molecule is CCNN1C=C2CC(=O)CNC2C2=CC=CNC21. The molecule has 3 aliphatic rings. The van der Waals surface area contributed by atoms with Crippen LogP contribution in [-0.4, -0.2) is 36.1 Å². The van der Waals surface area contributed by atoms with Crippen LogP contribution in [0.4, 0.5) is 0 Å². The van der Waals surface area contributed by atoms with Gasteiger partial charge in [0.15, 0.2) is 5.78 Å². The van der Waals surface area contributed by atoms with Crippen LogP contribution in [0.25, 0.3) is 0 Å². The molecule has 3 rings (SSSR count). The van der Waals surface area contributed by atoms with Crippen LogP contribution in [0, 0.1) is 0 Å². The van der Waals surface area contributed by atoms with Crippen molar-refractivity contribution < 1.29 is 4.79 Å². The van der Waals surface area contributed by atoms with E-state index in [0.717, 1.165) is 12.1 Å². The normalized spacial score (nSPS) is 30.1. The largest absolute Gasteiger partial charge is 0.367 e. The number of carbonyl (C=O) groups is 1. The molecule has 2 unspecified atom stereocenters. The summed E-state index contributed by atoms with van der Waals surface area (Å²) in [6.45, 7) is 3.39. The molecular formula is C13H18N4O. The maximum Gasteiger partial charge on any atom is 0.150 e. The average molecular weight is 246 g/mol. The van der Waals surface area contributed by atoms with E-state index >= 15 is 0 Å². The monoisotopic (exact) mass is 246 g/mol. The molecule has 96 valence electrons. The van der Waals surface area contributed by atoms with E-state index in [1.165, 1.54) is 5.57 Å². The van der Waals surface area contributed by atoms with Gasteiger partial charge in [-0.05, 0) is 23.4 Å². The van der Waals surface area contributed by atoms with Crippen molar-refractivity contribution in [1.82, 2.24) is 21.1 Å². The summed E-state index contributed by atoms with van der Waals surface area (Å²) in [6.07, 6.45) is 8.83. The van der Waals surface area contributed by atoms with Crippen LogP contribution in [0.1, 0.15) is 13.3 Å². The van der Waals surface area contributed by atoms with Gasteiger partial charge in [-0.2, -0.15) is 0 Å². The molecule has 0 aromatic rings. The van der Waals surface area contributed by atoms with Crippen molar-refractivity contribution in [3.63, 3.8) is 0 Å². The van der Waals surface area contributed by atoms with Gasteiger partial charge >= 0.3 is 0 Å². The van der Waals surface area contributed by atoms with Crippen LogP contribution in [0.2, 0.25) is 0 Å². The van der Waals surface area contributed by atoms with Gasteiger partial charge in [0.2, 0.25) is 0 Å². The Kier molecular flexibility index (Phi) is 2.93. The molecule has 5 nitrogen and oxygen atoms in total. The van der Waals surface area contributed by atoms with E-state index in [4.69, 9.17) is 0 Å². The summed E-state index contributed by atoms with van der Waals surface area (Å²) in [6, 6.07) is 0.194. The molecule has 0 spiro atoms. The first kappa shape index (κ1) is 11.5. The molecular weight excluding hydrogens is 228 g/mol. The second kappa shape index (κ2) is 4.59. The predicted molar refractivity (Wildman–Crippen MR) is 69.2 cm³/mol. The van der Waals surface area contributed by atoms with Gasteiger partial charge in [0.25, 0.3) is 0 Å². The first-order valence-corrected chi connectivity index (χ1v) is 6.40. The van der Waals surface area contributed by atoms with Crippen LogP contribution in [0.5, 0.6) is 0 Å². The molecule has 1 fully saturated rings. The fraction of sp³-hybridized carbons (Fsp3) is 0.462. The lowest BCUT2D eigenvalue weighted by molar-refractivity contribution is -0.118. The quantitative estimate of drug-likeness (QED) is 0.641. The van der Waals surface area contributed by atoms with E-state index in [0.29, 0.717) is 13.0 Å². The van der Waals surface area contributed by atoms with Crippen LogP contribution >= 0.6 is 0 Å². The Labute approximate surface area is 107 Å². The van der Waals surface area contributed by atoms with E-state index in [-0.39, 0.29) is 18.0 Å². The summed E-state index contributed by atoms with van der Waals surface area (Å²) in [7, 11) is 0. The van der Waals surface area contributed by atoms with Gasteiger partial charge in [-0.25, -0.2) is 5.43 Å². The van der Waals surface area contributed by atoms with Crippen molar-refractivity contribution in [3.8, 4) is 0 Å². The Hall–Kier alpha value is -1.59. The number of nitrogens with one attached hydrogen (secondary N) is 3. The van der Waals surface area contributed by atoms with Crippen molar-refractivity contribution in [2.24, 2.45) is 0 Å². The molecule has 2 atom stereocenters. The number of Topliss-reactive ketones (excluding diaryl/α,β-unsaturated/α-hetero) is 1. The second-order valence-electron chi connectivity index (χ2n) is 4.75. The molecule has 18 heavy (non-hydrogen) atoms. The fourth-order valence-electron chi connectivity index (χ4n) is 2.75. The Morgan fingerprint density at radius 2 is 2.44 bits per heavy atom. The highest BCUT2D eigenvalue weighted by atomic mass is 16.1. The van der Waals surface area contributed by atoms with E-state index in [9.17, 15) is 4.79 Å². The number of ketones is 1. The van der Waals surface area contributed by atoms with Gasteiger partial charge in [-0.3, -0.25) is 15.1 Å². The smallest absolute Gasteiger partial charge is 0.150 e. The van der Waals surface area contributed by atoms with Crippen LogP contribution in [0.3, 0.4) is 0 Å². The molecule has 1 saturated heterocycles. The highest BCUT2D eigenvalue weighted by Gasteiger charge is 2.36. The maximum atomic E-state index is 11.6. The Morgan fingerprint density at radius 3 is 3.28 bits per heavy atom. The van der Waals surface area contributed by atoms with Gasteiger partial charge < -0.3 is 5.32 Å². The molecule has 0 amide bonds. The minimum atomic E-state index is 0.129. The third-order valence-electron chi connectivity index (χ3n) is 3.49. The van der Waals surface area contributed by atoms with Crippen molar-refractivity contribution in [2.45, 2.75) is 25.6 Å². The summed E-state index contributed by atoms with van der Waals surface area (Å²) in [5, 5.41) is 8.72. The number of nitrogens with zero attached hydrogens (tertiary/aromatic N) is 1. The van der Waals surface area contributed by atoms with Gasteiger partial charge in [0.1, 0.15) is 6.17 Å². The topological polar surface area (TPSA) is 56.4 Å². The summed E-state index contributed by atoms with van der Waals surface area (Å²) in [5.74, 6) is 0.257. The van der Waals surface area contributed by atoms with Crippen molar-refractivity contribution in [3.05, 3.63) is 35.7 Å². The molecule has 5 heteroatoms. The van der Waals surface area contributed by atoms with Gasteiger partial charge in [-0.15, -0.1) is 0 Å². The van der Waals surface area contributed by atoms with E-state index in [1.807, 2.05) is 12.3 Å². The summed E-state index contributed by atoms with van der Waals surface area (Å²) >= 11 is 0. The fourth-order valence-corrected chi connectivity index (χ4v) is 2.75. The third-order valence-corrected chi connectivity index (χ3v) is 3.49. The summed E-state index contributed by atoms with van der Waals surface area (Å²) in [4.78, 5) is 11.6. The number of hydrogen-bond donors (Lipinski definition) is 3. The number of allylic oxidation sites excluding steroid dienone is 2. The zero-order valence-corrected chi connectivity index (χ0v) is 10.4. The zero-order chi connectivity index (χ0) is 12.5. The van der Waals surface area contributed by atoms with E-state index in [1.54, 1.807) is 0 Å². The van der Waals surface area contributed by atoms with Crippen molar-refractivity contribution in [2.75, 3.05) is 13.1 Å². The van der Waals surface area contributed by atoms with E-state index < -0.39 is 0 Å². The van der Waals surface area contributed by atoms with Crippen LogP contribution in [0.15, 0.2) is 35.7 Å². The molecule has 3 heterocycles. The summed E-state index contributed by atoms with van der Waals surface area (Å²) in [5.41, 5.74) is 5.72. The Bertz CT molecular complexity index is 452. The Morgan fingerprint density at radius 1 is 1.56 bits per heavy atom. The lowest BCUT2D eigenvalue weighted by atomic mass is 9.86. The van der Waals surface area contributed by atoms with Gasteiger partial charge in [0, 0.05) is 19.2 Å². The Balaban J connectivity index is 1.95. The number of fused-ring (bicyclic) bond motifs is 3. The van der Waals surface area contributed by atoms with Crippen molar-refractivity contribution >= 4 is 5.78 Å². The van der Waals surface area contributed by atoms with Crippen LogP contribution in [-0.2, 0) is 4.79 Å². The second-order valence-corrected chi connectivity index (χ2v) is 4.75. The van der Waals surface area contributed by atoms with Gasteiger partial charge in [0.05, 0.1) is 12.6 Å². The molecule has 0 bridgehead atoms. The minimum Gasteiger partial charge on any atom is -0.367 e. The van der Waals surface area contributed by atoms with Crippen LogP contribution < -0.4 is 16.1 Å². The number of rotatable bonds is 2. The molecule has 0 aromatic heterocycles. The van der Waals surface area contributed by atoms with Gasteiger partial charge in [-0.1, -0.05) is 13.0 Å². The maximum absolute atomic E-state index is 11.6. The lowest BCUT2D eigenvalue weighted by Gasteiger charge is -2.44. The average Bonchev–Trinajstić information content (AvgIpc) is 2.39. The number of piperidine rings is 1.